The average Bonchev–Trinajstić information content (AvgIpc) is 3.27. The van der Waals surface area contributed by atoms with Gasteiger partial charge in [0.05, 0.1) is 43.9 Å². The highest BCUT2D eigenvalue weighted by molar-refractivity contribution is 7.97. The molecule has 14 heteroatoms. The Morgan fingerprint density at radius 1 is 1.08 bits per heavy atom. The van der Waals surface area contributed by atoms with Crippen molar-refractivity contribution >= 4 is 35.4 Å². The number of aryl methyl sites for hydroxylation is 1. The molecule has 0 fully saturated rings. The van der Waals surface area contributed by atoms with Crippen LogP contribution in [0.2, 0.25) is 0 Å². The molecule has 0 aromatic heterocycles. The summed E-state index contributed by atoms with van der Waals surface area (Å²) in [6.45, 7) is 12.9. The third-order valence-corrected chi connectivity index (χ3v) is 9.16. The van der Waals surface area contributed by atoms with E-state index in [4.69, 9.17) is 40.0 Å². The molecule has 1 aliphatic heterocycles. The second-order valence-corrected chi connectivity index (χ2v) is 14.5. The molecule has 52 heavy (non-hydrogen) atoms. The molecule has 1 amide bonds. The quantitative estimate of drug-likeness (QED) is 0.0404. The number of hydrazine groups is 1. The van der Waals surface area contributed by atoms with Gasteiger partial charge in [0.25, 0.3) is 0 Å². The number of nitrogens with one attached hydrogen (secondary N) is 1. The summed E-state index contributed by atoms with van der Waals surface area (Å²) in [5.74, 6) is 7.37. The zero-order chi connectivity index (χ0) is 37.8. The number of nitrogens with two attached hydrogens (primary N) is 2. The Balaban J connectivity index is 1.41. The number of benzene rings is 3. The number of alkyl carbamates (subject to hydrolysis) is 1. The molecule has 0 spiro atoms. The first-order valence-corrected chi connectivity index (χ1v) is 18.1. The van der Waals surface area contributed by atoms with E-state index < -0.39 is 11.7 Å². The molecular weight excluding hydrogens is 687 g/mol. The van der Waals surface area contributed by atoms with Gasteiger partial charge in [0, 0.05) is 38.7 Å². The molecule has 1 unspecified atom stereocenters. The van der Waals surface area contributed by atoms with Gasteiger partial charge in [0.1, 0.15) is 41.8 Å². The molecule has 0 radical (unpaired) electrons. The summed E-state index contributed by atoms with van der Waals surface area (Å²) in [7, 11) is 3.27. The number of ether oxygens (including phenoxy) is 6. The highest BCUT2D eigenvalue weighted by Crippen LogP contribution is 2.41. The summed E-state index contributed by atoms with van der Waals surface area (Å²) < 4.78 is 36.1. The van der Waals surface area contributed by atoms with E-state index >= 15 is 0 Å². The van der Waals surface area contributed by atoms with Gasteiger partial charge in [-0.15, -0.1) is 0 Å². The van der Waals surface area contributed by atoms with E-state index in [0.29, 0.717) is 75.5 Å². The van der Waals surface area contributed by atoms with Gasteiger partial charge in [-0.05, 0) is 93.1 Å². The van der Waals surface area contributed by atoms with Gasteiger partial charge >= 0.3 is 12.1 Å². The van der Waals surface area contributed by atoms with E-state index in [1.165, 1.54) is 5.01 Å². The number of rotatable bonds is 16. The van der Waals surface area contributed by atoms with Gasteiger partial charge in [0.2, 0.25) is 0 Å². The molecule has 0 aliphatic carbocycles. The molecule has 1 aliphatic rings. The topological polar surface area (TPSA) is 160 Å². The summed E-state index contributed by atoms with van der Waals surface area (Å²) in [4.78, 5) is 25.6. The van der Waals surface area contributed by atoms with Gasteiger partial charge in [-0.1, -0.05) is 18.2 Å². The molecule has 4 rings (SSSR count). The Labute approximate surface area is 311 Å². The minimum absolute atomic E-state index is 0.137. The molecule has 3 aromatic rings. The standard InChI is InChI=1S/C38H53N5O8S/c1-8-48-35(44)23-30(27-20-31(39)36(42(6)40)33(21-27)46-7)26-10-9-25(2)28(19-26)24-43-14-16-50-32-22-29(11-12-34(32)52-43)49-18-17-47-15-13-41-37(45)51-38(3,4)5/h9-12,19-22,30H,8,13-18,23-24,39-40H2,1-7H3,(H,41,45). The Bertz CT molecular complexity index is 1670. The van der Waals surface area contributed by atoms with Crippen molar-refractivity contribution in [3.63, 3.8) is 0 Å². The Morgan fingerprint density at radius 2 is 1.87 bits per heavy atom. The van der Waals surface area contributed by atoms with Gasteiger partial charge in [-0.2, -0.15) is 0 Å². The molecule has 0 bridgehead atoms. The maximum absolute atomic E-state index is 12.9. The minimum atomic E-state index is -0.543. The fourth-order valence-electron chi connectivity index (χ4n) is 5.65. The van der Waals surface area contributed by atoms with Gasteiger partial charge < -0.3 is 44.5 Å². The molecule has 0 saturated carbocycles. The number of hydrogen-bond donors (Lipinski definition) is 3. The van der Waals surface area contributed by atoms with Crippen LogP contribution in [-0.2, 0) is 25.5 Å². The van der Waals surface area contributed by atoms with Crippen molar-refractivity contribution < 1.29 is 38.0 Å². The average molecular weight is 740 g/mol. The van der Waals surface area contributed by atoms with Crippen LogP contribution in [0.1, 0.15) is 62.3 Å². The zero-order valence-corrected chi connectivity index (χ0v) is 32.1. The lowest BCUT2D eigenvalue weighted by atomic mass is 9.86. The smallest absolute Gasteiger partial charge is 0.407 e. The number of fused-ring (bicyclic) bond motifs is 1. The summed E-state index contributed by atoms with van der Waals surface area (Å²) in [5, 5.41) is 4.09. The zero-order valence-electron chi connectivity index (χ0n) is 31.3. The monoisotopic (exact) mass is 739 g/mol. The second-order valence-electron chi connectivity index (χ2n) is 13.3. The van der Waals surface area contributed by atoms with E-state index in [0.717, 1.165) is 32.9 Å². The number of nitrogen functional groups attached to an aromatic ring is 1. The van der Waals surface area contributed by atoms with Crippen LogP contribution in [-0.4, -0.2) is 82.3 Å². The largest absolute Gasteiger partial charge is 0.494 e. The van der Waals surface area contributed by atoms with Gasteiger partial charge in [-0.25, -0.2) is 14.9 Å². The van der Waals surface area contributed by atoms with Crippen molar-refractivity contribution in [2.75, 3.05) is 71.0 Å². The number of carbonyl (C=O) groups is 2. The molecule has 3 aromatic carbocycles. The summed E-state index contributed by atoms with van der Waals surface area (Å²) in [6, 6.07) is 15.8. The van der Waals surface area contributed by atoms with Crippen LogP contribution in [0.15, 0.2) is 53.4 Å². The molecule has 5 N–H and O–H groups in total. The van der Waals surface area contributed by atoms with Crippen LogP contribution >= 0.6 is 11.9 Å². The number of anilines is 2. The number of amides is 1. The Morgan fingerprint density at radius 3 is 2.58 bits per heavy atom. The third kappa shape index (κ3) is 11.8. The van der Waals surface area contributed by atoms with Crippen LogP contribution in [0.4, 0.5) is 16.2 Å². The number of methoxy groups -OCH3 is 1. The Hall–Kier alpha value is -4.37. The highest BCUT2D eigenvalue weighted by Gasteiger charge is 2.25. The van der Waals surface area contributed by atoms with Crippen LogP contribution in [0, 0.1) is 6.92 Å². The van der Waals surface area contributed by atoms with Crippen molar-refractivity contribution in [3.8, 4) is 17.2 Å². The predicted molar refractivity (Wildman–Crippen MR) is 203 cm³/mol. The summed E-state index contributed by atoms with van der Waals surface area (Å²) >= 11 is 1.63. The first-order valence-electron chi connectivity index (χ1n) is 17.4. The minimum Gasteiger partial charge on any atom is -0.494 e. The Kier molecular flexibility index (Phi) is 14.7. The molecule has 0 saturated heterocycles. The van der Waals surface area contributed by atoms with Crippen molar-refractivity contribution in [2.24, 2.45) is 5.84 Å². The lowest BCUT2D eigenvalue weighted by molar-refractivity contribution is -0.143. The first-order chi connectivity index (χ1) is 24.8. The molecular formula is C38H53N5O8S. The fraction of sp³-hybridized carbons (Fsp3) is 0.474. The van der Waals surface area contributed by atoms with Crippen molar-refractivity contribution in [1.29, 1.82) is 0 Å². The van der Waals surface area contributed by atoms with Crippen LogP contribution in [0.5, 0.6) is 17.2 Å². The van der Waals surface area contributed by atoms with E-state index in [1.54, 1.807) is 33.0 Å². The van der Waals surface area contributed by atoms with Crippen molar-refractivity contribution in [2.45, 2.75) is 64.0 Å². The van der Waals surface area contributed by atoms with Gasteiger partial charge in [-0.3, -0.25) is 4.79 Å². The number of esters is 1. The maximum Gasteiger partial charge on any atom is 0.407 e. The molecule has 284 valence electrons. The molecule has 1 heterocycles. The first kappa shape index (κ1) is 40.4. The summed E-state index contributed by atoms with van der Waals surface area (Å²) in [6.07, 6.45) is -0.332. The third-order valence-electron chi connectivity index (χ3n) is 8.05. The number of carbonyl (C=O) groups excluding carboxylic acids is 2. The van der Waals surface area contributed by atoms with Crippen molar-refractivity contribution in [1.82, 2.24) is 9.62 Å². The maximum atomic E-state index is 12.9. The van der Waals surface area contributed by atoms with E-state index in [2.05, 4.69) is 34.7 Å². The highest BCUT2D eigenvalue weighted by atomic mass is 32.2. The van der Waals surface area contributed by atoms with Crippen LogP contribution < -0.4 is 36.1 Å². The second kappa shape index (κ2) is 18.9. The SMILES string of the molecule is CCOC(=O)CC(c1ccc(C)c(CN2CCOc3cc(OCCOCCNC(=O)OC(C)(C)C)ccc3S2)c1)c1cc(N)c(N(C)N)c(OC)c1. The van der Waals surface area contributed by atoms with Gasteiger partial charge in [0.15, 0.2) is 0 Å². The van der Waals surface area contributed by atoms with E-state index in [9.17, 15) is 9.59 Å². The number of nitrogens with zero attached hydrogens (tertiary/aromatic N) is 2. The van der Waals surface area contributed by atoms with E-state index in [-0.39, 0.29) is 18.3 Å². The fourth-order valence-corrected chi connectivity index (χ4v) is 6.63. The lowest BCUT2D eigenvalue weighted by Crippen LogP contribution is -2.34. The van der Waals surface area contributed by atoms with Crippen LogP contribution in [0.25, 0.3) is 0 Å². The predicted octanol–water partition coefficient (Wildman–Crippen LogP) is 5.80. The molecule has 13 nitrogen and oxygen atoms in total. The van der Waals surface area contributed by atoms with Crippen molar-refractivity contribution in [3.05, 3.63) is 70.8 Å². The molecule has 1 atom stereocenters. The van der Waals surface area contributed by atoms with E-state index in [1.807, 2.05) is 51.1 Å². The summed E-state index contributed by atoms with van der Waals surface area (Å²) in [5.41, 5.74) is 11.0. The lowest BCUT2D eigenvalue weighted by Gasteiger charge is -2.24. The normalized spacial score (nSPS) is 13.6. The number of hydrogen-bond acceptors (Lipinski definition) is 13. The van der Waals surface area contributed by atoms with Crippen LogP contribution in [0.3, 0.4) is 0 Å².